The molecule has 1 heterocycles. The highest BCUT2D eigenvalue weighted by Crippen LogP contribution is 2.42. The van der Waals surface area contributed by atoms with E-state index in [0.29, 0.717) is 0 Å². The highest BCUT2D eigenvalue weighted by atomic mass is 16.9. The van der Waals surface area contributed by atoms with Crippen LogP contribution in [0.5, 0.6) is 0 Å². The van der Waals surface area contributed by atoms with Crippen LogP contribution >= 0.6 is 0 Å². The highest BCUT2D eigenvalue weighted by molar-refractivity contribution is 5.19. The topological polar surface area (TPSA) is 15.5 Å². The van der Waals surface area contributed by atoms with E-state index in [-0.39, 0.29) is 5.72 Å². The molecule has 0 aliphatic carbocycles. The molecule has 1 fully saturated rings. The van der Waals surface area contributed by atoms with Crippen molar-refractivity contribution in [2.75, 3.05) is 0 Å². The molecule has 0 amide bonds. The van der Waals surface area contributed by atoms with E-state index in [0.717, 1.165) is 19.4 Å². The van der Waals surface area contributed by atoms with Gasteiger partial charge in [0.25, 0.3) is 0 Å². The lowest BCUT2D eigenvalue weighted by Gasteiger charge is -2.10. The van der Waals surface area contributed by atoms with Crippen LogP contribution in [-0.2, 0) is 17.8 Å². The number of rotatable bonds is 5. The molecule has 98 valence electrons. The van der Waals surface area contributed by atoms with Gasteiger partial charge in [0, 0.05) is 6.42 Å². The highest BCUT2D eigenvalue weighted by Gasteiger charge is 2.53. The summed E-state index contributed by atoms with van der Waals surface area (Å²) in [5.41, 5.74) is 2.53. The third-order valence-electron chi connectivity index (χ3n) is 3.75. The molecule has 0 spiro atoms. The average Bonchev–Trinajstić information content (AvgIpc) is 3.14. The molecule has 19 heavy (non-hydrogen) atoms. The van der Waals surface area contributed by atoms with Crippen LogP contribution in [0.2, 0.25) is 0 Å². The van der Waals surface area contributed by atoms with Crippen LogP contribution in [0, 0.1) is 0 Å². The first-order valence-corrected chi connectivity index (χ1v) is 6.87. The summed E-state index contributed by atoms with van der Waals surface area (Å²) in [6.45, 7) is 3.05. The second-order valence-corrected chi connectivity index (χ2v) is 5.08. The summed E-state index contributed by atoms with van der Waals surface area (Å²) in [6, 6.07) is 21.0. The molecule has 1 aliphatic rings. The molecule has 2 atom stereocenters. The third-order valence-corrected chi connectivity index (χ3v) is 3.75. The standard InChI is InChI=1S/C17H19NO/c1-2-17(13-15-9-5-3-6-10-15)18(19-17)14-16-11-7-4-8-12-16/h3-12H,2,13-14H2,1H3. The van der Waals surface area contributed by atoms with Crippen molar-refractivity contribution in [3.63, 3.8) is 0 Å². The van der Waals surface area contributed by atoms with E-state index in [1.54, 1.807) is 0 Å². The average molecular weight is 253 g/mol. The molecule has 2 nitrogen and oxygen atoms in total. The van der Waals surface area contributed by atoms with Gasteiger partial charge in [-0.2, -0.15) is 0 Å². The number of hydrogen-bond donors (Lipinski definition) is 0. The normalized spacial score (nSPS) is 25.2. The summed E-state index contributed by atoms with van der Waals surface area (Å²) in [5, 5.41) is 2.11. The van der Waals surface area contributed by atoms with Crippen molar-refractivity contribution in [1.29, 1.82) is 0 Å². The molecule has 3 rings (SSSR count). The zero-order valence-electron chi connectivity index (χ0n) is 11.3. The maximum Gasteiger partial charge on any atom is 0.169 e. The summed E-state index contributed by atoms with van der Waals surface area (Å²) in [5.74, 6) is 0. The Morgan fingerprint density at radius 1 is 0.895 bits per heavy atom. The molecule has 0 aromatic heterocycles. The quantitative estimate of drug-likeness (QED) is 0.753. The van der Waals surface area contributed by atoms with Crippen molar-refractivity contribution in [2.45, 2.75) is 32.0 Å². The van der Waals surface area contributed by atoms with Gasteiger partial charge in [-0.1, -0.05) is 67.6 Å². The first-order valence-electron chi connectivity index (χ1n) is 6.87. The van der Waals surface area contributed by atoms with Crippen LogP contribution < -0.4 is 0 Å². The minimum absolute atomic E-state index is 0.100. The summed E-state index contributed by atoms with van der Waals surface area (Å²) < 4.78 is 0. The molecule has 0 N–H and O–H groups in total. The Morgan fingerprint density at radius 3 is 2.05 bits per heavy atom. The second kappa shape index (κ2) is 5.16. The molecule has 2 aromatic rings. The summed E-state index contributed by atoms with van der Waals surface area (Å²) in [4.78, 5) is 5.89. The number of hydroxylamine groups is 2. The molecule has 0 radical (unpaired) electrons. The molecule has 2 heteroatoms. The Kier molecular flexibility index (Phi) is 3.36. The fraction of sp³-hybridized carbons (Fsp3) is 0.294. The number of benzene rings is 2. The maximum absolute atomic E-state index is 5.89. The monoisotopic (exact) mass is 253 g/mol. The molecule has 2 aromatic carbocycles. The predicted octanol–water partition coefficient (Wildman–Crippen LogP) is 3.78. The number of nitrogens with zero attached hydrogens (tertiary/aromatic N) is 1. The van der Waals surface area contributed by atoms with Crippen molar-refractivity contribution >= 4 is 0 Å². The smallest absolute Gasteiger partial charge is 0.169 e. The SMILES string of the molecule is CCC1(Cc2ccccc2)ON1Cc1ccccc1. The fourth-order valence-corrected chi connectivity index (χ4v) is 2.51. The zero-order valence-corrected chi connectivity index (χ0v) is 11.3. The van der Waals surface area contributed by atoms with E-state index in [1.165, 1.54) is 11.1 Å². The van der Waals surface area contributed by atoms with Gasteiger partial charge in [0.1, 0.15) is 0 Å². The minimum atomic E-state index is -0.100. The lowest BCUT2D eigenvalue weighted by molar-refractivity contribution is 0.185. The van der Waals surface area contributed by atoms with Crippen LogP contribution in [0.3, 0.4) is 0 Å². The van der Waals surface area contributed by atoms with E-state index >= 15 is 0 Å². The van der Waals surface area contributed by atoms with Gasteiger partial charge in [0.15, 0.2) is 5.72 Å². The van der Waals surface area contributed by atoms with Gasteiger partial charge in [0.05, 0.1) is 6.54 Å². The van der Waals surface area contributed by atoms with E-state index in [1.807, 2.05) is 6.07 Å². The second-order valence-electron chi connectivity index (χ2n) is 5.08. The van der Waals surface area contributed by atoms with E-state index in [2.05, 4.69) is 66.6 Å². The molecule has 2 unspecified atom stereocenters. The van der Waals surface area contributed by atoms with E-state index in [4.69, 9.17) is 4.84 Å². The van der Waals surface area contributed by atoms with Crippen molar-refractivity contribution in [1.82, 2.24) is 5.06 Å². The molecule has 1 saturated heterocycles. The van der Waals surface area contributed by atoms with Gasteiger partial charge >= 0.3 is 0 Å². The minimum Gasteiger partial charge on any atom is -0.271 e. The van der Waals surface area contributed by atoms with Crippen LogP contribution in [0.25, 0.3) is 0 Å². The van der Waals surface area contributed by atoms with Gasteiger partial charge in [-0.15, -0.1) is 5.06 Å². The molecule has 1 aliphatic heterocycles. The molecule has 0 bridgehead atoms. The van der Waals surface area contributed by atoms with Crippen LogP contribution in [-0.4, -0.2) is 10.8 Å². The fourth-order valence-electron chi connectivity index (χ4n) is 2.51. The van der Waals surface area contributed by atoms with Crippen molar-refractivity contribution < 1.29 is 4.84 Å². The van der Waals surface area contributed by atoms with Crippen LogP contribution in [0.1, 0.15) is 24.5 Å². The van der Waals surface area contributed by atoms with Crippen LogP contribution in [0.4, 0.5) is 0 Å². The van der Waals surface area contributed by atoms with Gasteiger partial charge in [-0.25, -0.2) is 0 Å². The first kappa shape index (κ1) is 12.4. The Hall–Kier alpha value is -1.64. The Labute approximate surface area is 114 Å². The molecular weight excluding hydrogens is 234 g/mol. The van der Waals surface area contributed by atoms with Gasteiger partial charge < -0.3 is 0 Å². The molecular formula is C17H19NO. The largest absolute Gasteiger partial charge is 0.271 e. The van der Waals surface area contributed by atoms with Gasteiger partial charge in [-0.3, -0.25) is 4.84 Å². The van der Waals surface area contributed by atoms with E-state index < -0.39 is 0 Å². The summed E-state index contributed by atoms with van der Waals surface area (Å²) in [7, 11) is 0. The van der Waals surface area contributed by atoms with Crippen molar-refractivity contribution in [2.24, 2.45) is 0 Å². The first-order chi connectivity index (χ1) is 9.32. The van der Waals surface area contributed by atoms with Crippen molar-refractivity contribution in [3.05, 3.63) is 71.8 Å². The van der Waals surface area contributed by atoms with Gasteiger partial charge in [-0.05, 0) is 17.5 Å². The van der Waals surface area contributed by atoms with Gasteiger partial charge in [0.2, 0.25) is 0 Å². The van der Waals surface area contributed by atoms with Crippen LogP contribution in [0.15, 0.2) is 60.7 Å². The molecule has 0 saturated carbocycles. The van der Waals surface area contributed by atoms with Crippen molar-refractivity contribution in [3.8, 4) is 0 Å². The number of hydrogen-bond acceptors (Lipinski definition) is 2. The summed E-state index contributed by atoms with van der Waals surface area (Å²) >= 11 is 0. The third kappa shape index (κ3) is 2.70. The Morgan fingerprint density at radius 2 is 1.47 bits per heavy atom. The zero-order chi connectivity index (χ0) is 13.1. The predicted molar refractivity (Wildman–Crippen MR) is 76.2 cm³/mol. The maximum atomic E-state index is 5.89. The Bertz CT molecular complexity index is 525. The lowest BCUT2D eigenvalue weighted by Crippen LogP contribution is -2.20. The summed E-state index contributed by atoms with van der Waals surface area (Å²) in [6.07, 6.45) is 1.96. The van der Waals surface area contributed by atoms with E-state index in [9.17, 15) is 0 Å². The Balaban J connectivity index is 1.67. The lowest BCUT2D eigenvalue weighted by atomic mass is 10.0.